The van der Waals surface area contributed by atoms with Gasteiger partial charge < -0.3 is 10.6 Å². The van der Waals surface area contributed by atoms with E-state index in [1.165, 1.54) is 53.8 Å². The first-order valence-corrected chi connectivity index (χ1v) is 11.2. The molecule has 0 aliphatic heterocycles. The second-order valence-corrected chi connectivity index (χ2v) is 8.80. The van der Waals surface area contributed by atoms with Crippen LogP contribution < -0.4 is 15.4 Å². The topological polar surface area (TPSA) is 104 Å². The molecule has 1 heterocycles. The van der Waals surface area contributed by atoms with Gasteiger partial charge in [-0.05, 0) is 53.9 Å². The summed E-state index contributed by atoms with van der Waals surface area (Å²) in [6, 6.07) is 14.1. The summed E-state index contributed by atoms with van der Waals surface area (Å²) < 4.78 is 40.3. The van der Waals surface area contributed by atoms with E-state index >= 15 is 0 Å². The molecule has 156 valence electrons. The third-order valence-corrected chi connectivity index (χ3v) is 6.17. The van der Waals surface area contributed by atoms with E-state index in [1.807, 2.05) is 0 Å². The second kappa shape index (κ2) is 9.51. The van der Waals surface area contributed by atoms with Crippen molar-refractivity contribution < 1.29 is 22.4 Å². The Balaban J connectivity index is 1.52. The average molecular weight is 448 g/mol. The molecule has 0 unspecified atom stereocenters. The van der Waals surface area contributed by atoms with E-state index in [4.69, 9.17) is 0 Å². The molecule has 3 aromatic rings. The van der Waals surface area contributed by atoms with E-state index in [-0.39, 0.29) is 35.4 Å². The Hall–Kier alpha value is -3.24. The zero-order valence-corrected chi connectivity index (χ0v) is 17.2. The van der Waals surface area contributed by atoms with Gasteiger partial charge in [0.1, 0.15) is 5.82 Å². The lowest BCUT2D eigenvalue weighted by Gasteiger charge is -2.10. The fourth-order valence-corrected chi connectivity index (χ4v) is 4.18. The van der Waals surface area contributed by atoms with Gasteiger partial charge in [-0.2, -0.15) is 0 Å². The lowest BCUT2D eigenvalue weighted by atomic mass is 10.3. The van der Waals surface area contributed by atoms with Crippen molar-refractivity contribution in [1.29, 1.82) is 0 Å². The third kappa shape index (κ3) is 5.88. The first-order chi connectivity index (χ1) is 14.3. The fourth-order valence-electron chi connectivity index (χ4n) is 2.49. The quantitative estimate of drug-likeness (QED) is 0.492. The van der Waals surface area contributed by atoms with Crippen molar-refractivity contribution in [1.82, 2.24) is 5.32 Å². The van der Waals surface area contributed by atoms with Crippen molar-refractivity contribution in [3.8, 4) is 0 Å². The Morgan fingerprint density at radius 1 is 0.967 bits per heavy atom. The van der Waals surface area contributed by atoms with Gasteiger partial charge in [0.25, 0.3) is 15.9 Å². The highest BCUT2D eigenvalue weighted by atomic mass is 32.2. The Kier molecular flexibility index (Phi) is 6.80. The minimum absolute atomic E-state index is 0.0343. The molecule has 0 atom stereocenters. The summed E-state index contributed by atoms with van der Waals surface area (Å²) in [5, 5.41) is 7.08. The fraction of sp³-hybridized carbons (Fsp3) is 0.100. The summed E-state index contributed by atoms with van der Waals surface area (Å²) in [6.45, 7) is 0.173. The number of carbonyl (C=O) groups excluding carboxylic acids is 2. The van der Waals surface area contributed by atoms with Crippen LogP contribution in [0.1, 0.15) is 16.1 Å². The Labute approximate surface area is 177 Å². The van der Waals surface area contributed by atoms with Crippen molar-refractivity contribution in [2.24, 2.45) is 0 Å². The first kappa shape index (κ1) is 21.5. The lowest BCUT2D eigenvalue weighted by Crippen LogP contribution is -2.27. The maximum atomic E-state index is 13.2. The molecule has 2 amide bonds. The SMILES string of the molecule is O=C(CCNC(=O)c1cccs1)Nc1ccc(S(=O)(=O)Nc2cccc(F)c2)cc1. The standard InChI is InChI=1S/C20H18FN3O4S2/c21-14-3-1-4-16(13-14)24-30(27,28)17-8-6-15(7-9-17)23-19(25)10-11-22-20(26)18-5-2-12-29-18/h1-9,12-13,24H,10-11H2,(H,22,26)(H,23,25). The number of carbonyl (C=O) groups is 2. The summed E-state index contributed by atoms with van der Waals surface area (Å²) >= 11 is 1.31. The normalized spacial score (nSPS) is 11.0. The number of halogens is 1. The van der Waals surface area contributed by atoms with Crippen molar-refractivity contribution in [2.75, 3.05) is 16.6 Å². The predicted octanol–water partition coefficient (Wildman–Crippen LogP) is 3.45. The van der Waals surface area contributed by atoms with Gasteiger partial charge in [-0.1, -0.05) is 12.1 Å². The molecule has 30 heavy (non-hydrogen) atoms. The number of thiophene rings is 1. The summed E-state index contributed by atoms with van der Waals surface area (Å²) in [6.07, 6.45) is 0.0678. The molecule has 0 aliphatic carbocycles. The van der Waals surface area contributed by atoms with E-state index in [1.54, 1.807) is 17.5 Å². The van der Waals surface area contributed by atoms with Gasteiger partial charge >= 0.3 is 0 Å². The van der Waals surface area contributed by atoms with Crippen molar-refractivity contribution in [2.45, 2.75) is 11.3 Å². The minimum atomic E-state index is -3.90. The molecule has 0 spiro atoms. The van der Waals surface area contributed by atoms with Crippen LogP contribution in [0.2, 0.25) is 0 Å². The highest BCUT2D eigenvalue weighted by Gasteiger charge is 2.15. The molecular weight excluding hydrogens is 429 g/mol. The summed E-state index contributed by atoms with van der Waals surface area (Å²) in [4.78, 5) is 24.4. The smallest absolute Gasteiger partial charge is 0.261 e. The van der Waals surface area contributed by atoms with Gasteiger partial charge in [-0.25, -0.2) is 12.8 Å². The molecule has 0 fully saturated rings. The Morgan fingerprint density at radius 2 is 1.73 bits per heavy atom. The van der Waals surface area contributed by atoms with Gasteiger partial charge in [-0.15, -0.1) is 11.3 Å². The van der Waals surface area contributed by atoms with Crippen LogP contribution in [0.15, 0.2) is 70.9 Å². The second-order valence-electron chi connectivity index (χ2n) is 6.17. The molecule has 3 N–H and O–H groups in total. The molecule has 1 aromatic heterocycles. The number of sulfonamides is 1. The zero-order chi connectivity index (χ0) is 21.6. The van der Waals surface area contributed by atoms with E-state index in [9.17, 15) is 22.4 Å². The number of benzene rings is 2. The number of nitrogens with one attached hydrogen (secondary N) is 3. The van der Waals surface area contributed by atoms with E-state index < -0.39 is 15.8 Å². The number of anilines is 2. The van der Waals surface area contributed by atoms with Gasteiger partial charge in [0.15, 0.2) is 0 Å². The average Bonchev–Trinajstić information content (AvgIpc) is 3.23. The first-order valence-electron chi connectivity index (χ1n) is 8.83. The van der Waals surface area contributed by atoms with Gasteiger partial charge in [-0.3, -0.25) is 14.3 Å². The van der Waals surface area contributed by atoms with E-state index in [0.29, 0.717) is 10.6 Å². The van der Waals surface area contributed by atoms with Crippen LogP contribution >= 0.6 is 11.3 Å². The number of rotatable bonds is 8. The number of hydrogen-bond acceptors (Lipinski definition) is 5. The lowest BCUT2D eigenvalue weighted by molar-refractivity contribution is -0.116. The monoisotopic (exact) mass is 447 g/mol. The summed E-state index contributed by atoms with van der Waals surface area (Å²) in [5.74, 6) is -1.12. The van der Waals surface area contributed by atoms with Crippen LogP contribution in [0.5, 0.6) is 0 Å². The van der Waals surface area contributed by atoms with Crippen LogP contribution in [0.4, 0.5) is 15.8 Å². The summed E-state index contributed by atoms with van der Waals surface area (Å²) in [5.41, 5.74) is 0.520. The van der Waals surface area contributed by atoms with Crippen LogP contribution in [-0.4, -0.2) is 26.8 Å². The van der Waals surface area contributed by atoms with Crippen LogP contribution in [0.3, 0.4) is 0 Å². The minimum Gasteiger partial charge on any atom is -0.351 e. The molecule has 0 aliphatic rings. The van der Waals surface area contributed by atoms with Crippen LogP contribution in [-0.2, 0) is 14.8 Å². The molecule has 0 bridgehead atoms. The zero-order valence-electron chi connectivity index (χ0n) is 15.6. The van der Waals surface area contributed by atoms with Crippen molar-refractivity contribution >= 4 is 44.5 Å². The highest BCUT2D eigenvalue weighted by Crippen LogP contribution is 2.19. The van der Waals surface area contributed by atoms with Gasteiger partial charge in [0.05, 0.1) is 15.5 Å². The number of hydrogen-bond donors (Lipinski definition) is 3. The van der Waals surface area contributed by atoms with Crippen molar-refractivity contribution in [3.63, 3.8) is 0 Å². The molecule has 0 saturated heterocycles. The molecule has 0 radical (unpaired) electrons. The maximum Gasteiger partial charge on any atom is 0.261 e. The Morgan fingerprint density at radius 3 is 2.40 bits per heavy atom. The Bertz CT molecular complexity index is 1130. The van der Waals surface area contributed by atoms with Gasteiger partial charge in [0, 0.05) is 18.7 Å². The third-order valence-electron chi connectivity index (χ3n) is 3.91. The van der Waals surface area contributed by atoms with E-state index in [0.717, 1.165) is 6.07 Å². The molecule has 0 saturated carbocycles. The highest BCUT2D eigenvalue weighted by molar-refractivity contribution is 7.92. The van der Waals surface area contributed by atoms with Gasteiger partial charge in [0.2, 0.25) is 5.91 Å². The van der Waals surface area contributed by atoms with E-state index in [2.05, 4.69) is 15.4 Å². The largest absolute Gasteiger partial charge is 0.351 e. The maximum absolute atomic E-state index is 13.2. The van der Waals surface area contributed by atoms with Crippen LogP contribution in [0.25, 0.3) is 0 Å². The molecule has 10 heteroatoms. The molecular formula is C20H18FN3O4S2. The van der Waals surface area contributed by atoms with Crippen molar-refractivity contribution in [3.05, 3.63) is 76.7 Å². The number of amides is 2. The summed E-state index contributed by atoms with van der Waals surface area (Å²) in [7, 11) is -3.90. The predicted molar refractivity (Wildman–Crippen MR) is 114 cm³/mol. The molecule has 3 rings (SSSR count). The van der Waals surface area contributed by atoms with Crippen LogP contribution in [0, 0.1) is 5.82 Å². The molecule has 2 aromatic carbocycles. The molecule has 7 nitrogen and oxygen atoms in total.